The number of rotatable bonds is 14. The Bertz CT molecular complexity index is 601. The van der Waals surface area contributed by atoms with E-state index in [-0.39, 0.29) is 11.1 Å². The van der Waals surface area contributed by atoms with Crippen LogP contribution in [-0.2, 0) is 9.47 Å². The fourth-order valence-electron chi connectivity index (χ4n) is 3.14. The molecule has 0 N–H and O–H groups in total. The number of unbranched alkanes of at least 4 members (excludes halogenated alkanes) is 7. The van der Waals surface area contributed by atoms with Crippen LogP contribution in [0.25, 0.3) is 0 Å². The van der Waals surface area contributed by atoms with Crippen LogP contribution in [0.2, 0.25) is 0 Å². The van der Waals surface area contributed by atoms with E-state index in [0.717, 1.165) is 38.5 Å². The van der Waals surface area contributed by atoms with Crippen molar-refractivity contribution in [2.24, 2.45) is 5.41 Å². The van der Waals surface area contributed by atoms with Gasteiger partial charge in [0.05, 0.1) is 24.3 Å². The highest BCUT2D eigenvalue weighted by Crippen LogP contribution is 2.22. The van der Waals surface area contributed by atoms with Crippen LogP contribution < -0.4 is 0 Å². The molecular weight excluding hydrogens is 364 g/mol. The highest BCUT2D eigenvalue weighted by atomic mass is 16.5. The van der Waals surface area contributed by atoms with Crippen LogP contribution in [0.15, 0.2) is 24.3 Å². The van der Waals surface area contributed by atoms with Crippen molar-refractivity contribution in [2.75, 3.05) is 13.2 Å². The van der Waals surface area contributed by atoms with Crippen LogP contribution in [-0.4, -0.2) is 25.2 Å². The summed E-state index contributed by atoms with van der Waals surface area (Å²) in [6.45, 7) is 9.70. The van der Waals surface area contributed by atoms with E-state index in [2.05, 4.69) is 27.7 Å². The number of benzene rings is 1. The normalized spacial score (nSPS) is 11.3. The summed E-state index contributed by atoms with van der Waals surface area (Å²) in [6, 6.07) is 6.74. The van der Waals surface area contributed by atoms with Gasteiger partial charge in [0.25, 0.3) is 0 Å². The number of carbonyl (C=O) groups excluding carboxylic acids is 2. The molecule has 1 rings (SSSR count). The first-order valence-corrected chi connectivity index (χ1v) is 11.3. The molecule has 4 nitrogen and oxygen atoms in total. The molecule has 164 valence electrons. The minimum absolute atomic E-state index is 0.288. The Morgan fingerprint density at radius 3 is 1.62 bits per heavy atom. The minimum atomic E-state index is -0.449. The van der Waals surface area contributed by atoms with Crippen molar-refractivity contribution in [1.29, 1.82) is 0 Å². The van der Waals surface area contributed by atoms with Gasteiger partial charge in [-0.1, -0.05) is 84.8 Å². The van der Waals surface area contributed by atoms with Crippen LogP contribution in [0.4, 0.5) is 0 Å². The average Bonchev–Trinajstić information content (AvgIpc) is 2.68. The maximum atomic E-state index is 12.4. The van der Waals surface area contributed by atoms with E-state index >= 15 is 0 Å². The molecule has 0 spiro atoms. The second-order valence-electron chi connectivity index (χ2n) is 8.96. The van der Waals surface area contributed by atoms with E-state index < -0.39 is 11.9 Å². The van der Waals surface area contributed by atoms with Crippen LogP contribution in [0, 0.1) is 5.41 Å². The molecule has 0 amide bonds. The molecule has 0 aromatic heterocycles. The molecule has 4 heteroatoms. The Morgan fingerprint density at radius 2 is 1.17 bits per heavy atom. The van der Waals surface area contributed by atoms with Gasteiger partial charge in [0, 0.05) is 0 Å². The van der Waals surface area contributed by atoms with E-state index in [0.29, 0.717) is 18.6 Å². The molecule has 0 saturated carbocycles. The van der Waals surface area contributed by atoms with Gasteiger partial charge in [-0.3, -0.25) is 0 Å². The molecule has 0 radical (unpaired) electrons. The zero-order chi connectivity index (χ0) is 21.5. The monoisotopic (exact) mass is 404 g/mol. The third kappa shape index (κ3) is 11.7. The van der Waals surface area contributed by atoms with E-state index in [9.17, 15) is 9.59 Å². The van der Waals surface area contributed by atoms with Gasteiger partial charge in [0.1, 0.15) is 0 Å². The van der Waals surface area contributed by atoms with E-state index in [1.807, 2.05) is 0 Å². The lowest BCUT2D eigenvalue weighted by Crippen LogP contribution is -2.15. The lowest BCUT2D eigenvalue weighted by atomic mass is 9.89. The predicted octanol–water partition coefficient (Wildman–Crippen LogP) is 6.97. The van der Waals surface area contributed by atoms with E-state index in [1.54, 1.807) is 24.3 Å². The lowest BCUT2D eigenvalue weighted by Gasteiger charge is -2.17. The maximum absolute atomic E-state index is 12.4. The third-order valence-electron chi connectivity index (χ3n) is 4.90. The lowest BCUT2D eigenvalue weighted by molar-refractivity contribution is 0.0450. The van der Waals surface area contributed by atoms with Crippen LogP contribution in [0.5, 0.6) is 0 Å². The molecule has 0 heterocycles. The Hall–Kier alpha value is -1.84. The van der Waals surface area contributed by atoms with E-state index in [1.165, 1.54) is 25.7 Å². The Balaban J connectivity index is 2.35. The summed E-state index contributed by atoms with van der Waals surface area (Å²) in [7, 11) is 0. The van der Waals surface area contributed by atoms with Crippen molar-refractivity contribution >= 4 is 11.9 Å². The SMILES string of the molecule is CCCCCCCOC(=O)c1ccccc1C(=O)OCCCCCCC(C)(C)C. The molecular formula is C25H40O4. The van der Waals surface area contributed by atoms with Gasteiger partial charge in [-0.25, -0.2) is 9.59 Å². The molecule has 0 fully saturated rings. The van der Waals surface area contributed by atoms with Crippen molar-refractivity contribution in [2.45, 2.75) is 91.9 Å². The summed E-state index contributed by atoms with van der Waals surface area (Å²) >= 11 is 0. The molecule has 0 saturated heterocycles. The van der Waals surface area contributed by atoms with Gasteiger partial charge in [0.2, 0.25) is 0 Å². The largest absolute Gasteiger partial charge is 0.462 e. The molecule has 0 aliphatic heterocycles. The second-order valence-corrected chi connectivity index (χ2v) is 8.96. The Labute approximate surface area is 177 Å². The summed E-state index contributed by atoms with van der Waals surface area (Å²) in [5, 5.41) is 0. The molecule has 1 aromatic rings. The summed E-state index contributed by atoms with van der Waals surface area (Å²) in [5.74, 6) is -0.898. The summed E-state index contributed by atoms with van der Waals surface area (Å²) < 4.78 is 10.7. The first kappa shape index (κ1) is 25.2. The maximum Gasteiger partial charge on any atom is 0.339 e. The third-order valence-corrected chi connectivity index (χ3v) is 4.90. The quantitative estimate of drug-likeness (QED) is 0.248. The smallest absolute Gasteiger partial charge is 0.339 e. The van der Waals surface area contributed by atoms with Crippen LogP contribution in [0.1, 0.15) is 113 Å². The highest BCUT2D eigenvalue weighted by molar-refractivity contribution is 6.03. The molecule has 29 heavy (non-hydrogen) atoms. The highest BCUT2D eigenvalue weighted by Gasteiger charge is 2.18. The first-order valence-electron chi connectivity index (χ1n) is 11.3. The number of hydrogen-bond acceptors (Lipinski definition) is 4. The second kappa shape index (κ2) is 14.2. The van der Waals surface area contributed by atoms with Gasteiger partial charge < -0.3 is 9.47 Å². The summed E-state index contributed by atoms with van der Waals surface area (Å²) in [4.78, 5) is 24.8. The molecule has 0 aliphatic rings. The van der Waals surface area contributed by atoms with Crippen molar-refractivity contribution in [3.8, 4) is 0 Å². The standard InChI is InChI=1S/C25H40O4/c1-5-6-7-9-14-19-28-23(26)21-16-11-12-17-22(21)24(27)29-20-15-10-8-13-18-25(2,3)4/h11-12,16-17H,5-10,13-15,18-20H2,1-4H3. The van der Waals surface area contributed by atoms with Crippen molar-refractivity contribution < 1.29 is 19.1 Å². The van der Waals surface area contributed by atoms with E-state index in [4.69, 9.17) is 9.47 Å². The molecule has 0 atom stereocenters. The summed E-state index contributed by atoms with van der Waals surface area (Å²) in [5.41, 5.74) is 0.952. The fourth-order valence-corrected chi connectivity index (χ4v) is 3.14. The number of esters is 2. The van der Waals surface area contributed by atoms with Crippen LogP contribution >= 0.6 is 0 Å². The predicted molar refractivity (Wildman–Crippen MR) is 118 cm³/mol. The topological polar surface area (TPSA) is 52.6 Å². The van der Waals surface area contributed by atoms with Crippen molar-refractivity contribution in [1.82, 2.24) is 0 Å². The van der Waals surface area contributed by atoms with Gasteiger partial charge >= 0.3 is 11.9 Å². The number of carbonyl (C=O) groups is 2. The van der Waals surface area contributed by atoms with Crippen molar-refractivity contribution in [3.05, 3.63) is 35.4 Å². The van der Waals surface area contributed by atoms with Gasteiger partial charge in [-0.15, -0.1) is 0 Å². The van der Waals surface area contributed by atoms with Crippen molar-refractivity contribution in [3.63, 3.8) is 0 Å². The van der Waals surface area contributed by atoms with Gasteiger partial charge in [-0.05, 0) is 36.8 Å². The first-order chi connectivity index (χ1) is 13.8. The minimum Gasteiger partial charge on any atom is -0.462 e. The molecule has 0 unspecified atom stereocenters. The average molecular weight is 405 g/mol. The van der Waals surface area contributed by atoms with Gasteiger partial charge in [0.15, 0.2) is 0 Å². The molecule has 0 aliphatic carbocycles. The summed E-state index contributed by atoms with van der Waals surface area (Å²) in [6.07, 6.45) is 10.9. The molecule has 0 bridgehead atoms. The molecule has 1 aromatic carbocycles. The Morgan fingerprint density at radius 1 is 0.724 bits per heavy atom. The fraction of sp³-hybridized carbons (Fsp3) is 0.680. The number of hydrogen-bond donors (Lipinski definition) is 0. The van der Waals surface area contributed by atoms with Gasteiger partial charge in [-0.2, -0.15) is 0 Å². The number of ether oxygens (including phenoxy) is 2. The zero-order valence-electron chi connectivity index (χ0n) is 18.9. The Kier molecular flexibility index (Phi) is 12.3. The zero-order valence-corrected chi connectivity index (χ0v) is 18.9. The van der Waals surface area contributed by atoms with Crippen LogP contribution in [0.3, 0.4) is 0 Å².